The predicted octanol–water partition coefficient (Wildman–Crippen LogP) is 1.55. The first kappa shape index (κ1) is 18.8. The number of benzene rings is 1. The summed E-state index contributed by atoms with van der Waals surface area (Å²) in [4.78, 5) is 21.8. The van der Waals surface area contributed by atoms with Crippen molar-refractivity contribution in [2.45, 2.75) is 51.1 Å². The predicted molar refractivity (Wildman–Crippen MR) is 106 cm³/mol. The summed E-state index contributed by atoms with van der Waals surface area (Å²) in [5, 5.41) is 3.01. The molecule has 1 aliphatic heterocycles. The van der Waals surface area contributed by atoms with Crippen LogP contribution < -0.4 is 20.9 Å². The molecule has 2 atom stereocenters. The van der Waals surface area contributed by atoms with Gasteiger partial charge in [-0.05, 0) is 55.9 Å². The number of amides is 1. The van der Waals surface area contributed by atoms with Gasteiger partial charge < -0.3 is 10.1 Å². The highest BCUT2D eigenvalue weighted by atomic mass is 16.5. The summed E-state index contributed by atoms with van der Waals surface area (Å²) in [6.07, 6.45) is 4.64. The number of methoxy groups -OCH3 is 1. The third-order valence-electron chi connectivity index (χ3n) is 5.55. The maximum Gasteiger partial charge on any atom is 0.238 e. The van der Waals surface area contributed by atoms with Gasteiger partial charge >= 0.3 is 0 Å². The molecule has 0 saturated carbocycles. The molecule has 28 heavy (non-hydrogen) atoms. The Morgan fingerprint density at radius 3 is 3.04 bits per heavy atom. The van der Waals surface area contributed by atoms with Crippen molar-refractivity contribution in [1.29, 1.82) is 0 Å². The van der Waals surface area contributed by atoms with Gasteiger partial charge in [0, 0.05) is 30.4 Å². The molecule has 2 unspecified atom stereocenters. The molecule has 1 aromatic heterocycles. The summed E-state index contributed by atoms with van der Waals surface area (Å²) in [6, 6.07) is 7.72. The zero-order valence-electron chi connectivity index (χ0n) is 16.4. The van der Waals surface area contributed by atoms with Crippen molar-refractivity contribution >= 4 is 5.91 Å². The van der Waals surface area contributed by atoms with Gasteiger partial charge in [-0.15, -0.1) is 0 Å². The Balaban J connectivity index is 1.28. The lowest BCUT2D eigenvalue weighted by molar-refractivity contribution is -0.122. The second kappa shape index (κ2) is 8.24. The lowest BCUT2D eigenvalue weighted by Crippen LogP contribution is -2.43. The maximum absolute atomic E-state index is 12.5. The molecular weight excluding hydrogens is 354 g/mol. The Morgan fingerprint density at radius 1 is 1.29 bits per heavy atom. The fraction of sp³-hybridized carbons (Fsp3) is 0.476. The van der Waals surface area contributed by atoms with Crippen LogP contribution in [0.5, 0.6) is 5.75 Å². The molecule has 1 amide bonds. The van der Waals surface area contributed by atoms with Gasteiger partial charge in [-0.3, -0.25) is 4.79 Å². The molecule has 1 aromatic carbocycles. The molecule has 0 radical (unpaired) electrons. The Bertz CT molecular complexity index is 870. The Hall–Kier alpha value is -2.51. The van der Waals surface area contributed by atoms with Crippen LogP contribution in [0.15, 0.2) is 24.3 Å². The van der Waals surface area contributed by atoms with E-state index in [-0.39, 0.29) is 18.0 Å². The zero-order valence-corrected chi connectivity index (χ0v) is 16.4. The van der Waals surface area contributed by atoms with Gasteiger partial charge in [0.1, 0.15) is 17.6 Å². The lowest BCUT2D eigenvalue weighted by Gasteiger charge is -2.12. The second-order valence-corrected chi connectivity index (χ2v) is 7.45. The van der Waals surface area contributed by atoms with E-state index in [0.717, 1.165) is 35.7 Å². The van der Waals surface area contributed by atoms with Gasteiger partial charge in [0.25, 0.3) is 0 Å². The molecule has 1 saturated heterocycles. The third-order valence-corrected chi connectivity index (χ3v) is 5.55. The number of fused-ring (bicyclic) bond motifs is 1. The third kappa shape index (κ3) is 4.00. The largest absolute Gasteiger partial charge is 0.497 e. The standard InChI is InChI=1S/C21H27N5O2/c1-13-16-7-4-8-17(16)24-20(23-13)9-10-22-21(27)19-12-18(25-26-19)14-5-3-6-15(11-14)28-2/h3,5-6,11,18-19,25-26H,4,7-10,12H2,1-2H3,(H,22,27). The minimum absolute atomic E-state index is 0.00391. The van der Waals surface area contributed by atoms with Crippen molar-refractivity contribution in [3.63, 3.8) is 0 Å². The van der Waals surface area contributed by atoms with E-state index in [4.69, 9.17) is 4.74 Å². The molecule has 2 aliphatic rings. The van der Waals surface area contributed by atoms with E-state index >= 15 is 0 Å². The first-order valence-corrected chi connectivity index (χ1v) is 9.92. The molecule has 2 aromatic rings. The highest BCUT2D eigenvalue weighted by Gasteiger charge is 2.30. The molecule has 2 heterocycles. The number of nitrogens with one attached hydrogen (secondary N) is 3. The number of hydrazine groups is 1. The Kier molecular flexibility index (Phi) is 5.54. The van der Waals surface area contributed by atoms with E-state index in [1.165, 1.54) is 17.7 Å². The first-order chi connectivity index (χ1) is 13.6. The van der Waals surface area contributed by atoms with E-state index in [1.807, 2.05) is 24.3 Å². The number of aryl methyl sites for hydroxylation is 2. The molecule has 148 valence electrons. The van der Waals surface area contributed by atoms with Crippen LogP contribution in [0.25, 0.3) is 0 Å². The number of nitrogens with zero attached hydrogens (tertiary/aromatic N) is 2. The summed E-state index contributed by atoms with van der Waals surface area (Å²) in [7, 11) is 1.65. The highest BCUT2D eigenvalue weighted by molar-refractivity contribution is 5.82. The van der Waals surface area contributed by atoms with Gasteiger partial charge in [0.2, 0.25) is 5.91 Å². The van der Waals surface area contributed by atoms with Crippen LogP contribution >= 0.6 is 0 Å². The van der Waals surface area contributed by atoms with Crippen LogP contribution in [0, 0.1) is 6.92 Å². The summed E-state index contributed by atoms with van der Waals surface area (Å²) in [6.45, 7) is 2.60. The molecule has 7 heteroatoms. The number of carbonyl (C=O) groups excluding carboxylic acids is 1. The first-order valence-electron chi connectivity index (χ1n) is 9.92. The smallest absolute Gasteiger partial charge is 0.238 e. The zero-order chi connectivity index (χ0) is 19.5. The van der Waals surface area contributed by atoms with Crippen molar-refractivity contribution in [1.82, 2.24) is 26.1 Å². The topological polar surface area (TPSA) is 88.2 Å². The van der Waals surface area contributed by atoms with E-state index in [9.17, 15) is 4.79 Å². The summed E-state index contributed by atoms with van der Waals surface area (Å²) in [5.74, 6) is 1.64. The van der Waals surface area contributed by atoms with E-state index in [1.54, 1.807) is 7.11 Å². The monoisotopic (exact) mass is 381 g/mol. The highest BCUT2D eigenvalue weighted by Crippen LogP contribution is 2.25. The van der Waals surface area contributed by atoms with Crippen LogP contribution in [0.4, 0.5) is 0 Å². The van der Waals surface area contributed by atoms with Crippen LogP contribution in [0.3, 0.4) is 0 Å². The fourth-order valence-electron chi connectivity index (χ4n) is 4.02. The minimum Gasteiger partial charge on any atom is -0.497 e. The van der Waals surface area contributed by atoms with E-state index in [2.05, 4.69) is 33.1 Å². The second-order valence-electron chi connectivity index (χ2n) is 7.45. The summed E-state index contributed by atoms with van der Waals surface area (Å²) in [5.41, 5.74) is 11.0. The molecule has 7 nitrogen and oxygen atoms in total. The van der Waals surface area contributed by atoms with Crippen LogP contribution in [0.2, 0.25) is 0 Å². The molecule has 0 bridgehead atoms. The minimum atomic E-state index is -0.265. The lowest BCUT2D eigenvalue weighted by atomic mass is 10.0. The average molecular weight is 381 g/mol. The number of carbonyl (C=O) groups is 1. The van der Waals surface area contributed by atoms with Gasteiger partial charge in [0.05, 0.1) is 7.11 Å². The Morgan fingerprint density at radius 2 is 2.18 bits per heavy atom. The fourth-order valence-corrected chi connectivity index (χ4v) is 4.02. The van der Waals surface area contributed by atoms with Crippen LogP contribution in [-0.4, -0.2) is 35.6 Å². The maximum atomic E-state index is 12.5. The number of ether oxygens (including phenoxy) is 1. The molecule has 0 spiro atoms. The molecule has 4 rings (SSSR count). The SMILES string of the molecule is COc1cccc(C2CC(C(=O)NCCc3nc(C)c4c(n3)CCC4)NN2)c1. The van der Waals surface area contributed by atoms with Crippen molar-refractivity contribution in [3.05, 3.63) is 52.6 Å². The van der Waals surface area contributed by atoms with Gasteiger partial charge in [-0.2, -0.15) is 0 Å². The van der Waals surface area contributed by atoms with Gasteiger partial charge in [-0.1, -0.05) is 12.1 Å². The van der Waals surface area contributed by atoms with Gasteiger partial charge in [0.15, 0.2) is 0 Å². The quantitative estimate of drug-likeness (QED) is 0.704. The molecule has 1 fully saturated rings. The number of rotatable bonds is 6. The summed E-state index contributed by atoms with van der Waals surface area (Å²) >= 11 is 0. The van der Waals surface area contributed by atoms with Crippen molar-refractivity contribution in [2.24, 2.45) is 0 Å². The molecule has 1 aliphatic carbocycles. The van der Waals surface area contributed by atoms with Crippen molar-refractivity contribution in [3.8, 4) is 5.75 Å². The van der Waals surface area contributed by atoms with E-state index in [0.29, 0.717) is 19.4 Å². The molecule has 3 N–H and O–H groups in total. The van der Waals surface area contributed by atoms with Gasteiger partial charge in [-0.25, -0.2) is 20.8 Å². The van der Waals surface area contributed by atoms with E-state index < -0.39 is 0 Å². The number of hydrogen-bond acceptors (Lipinski definition) is 6. The normalized spacial score (nSPS) is 20.8. The van der Waals surface area contributed by atoms with Crippen molar-refractivity contribution < 1.29 is 9.53 Å². The average Bonchev–Trinajstić information content (AvgIpc) is 3.38. The number of aromatic nitrogens is 2. The van der Waals surface area contributed by atoms with Crippen molar-refractivity contribution in [2.75, 3.05) is 13.7 Å². The van der Waals surface area contributed by atoms with Crippen LogP contribution in [0.1, 0.15) is 47.2 Å². The number of hydrogen-bond donors (Lipinski definition) is 3. The van der Waals surface area contributed by atoms with Crippen LogP contribution in [-0.2, 0) is 24.1 Å². The molecular formula is C21H27N5O2. The Labute approximate surface area is 165 Å². The summed E-state index contributed by atoms with van der Waals surface area (Å²) < 4.78 is 5.28.